The quantitative estimate of drug-likeness (QED) is 0.880. The number of nitrogens with one attached hydrogen (secondary N) is 1. The minimum atomic E-state index is -0.153. The highest BCUT2D eigenvalue weighted by molar-refractivity contribution is 5.17. The number of likely N-dealkylation sites (N-methyl/N-ethyl adjacent to an activating group) is 1. The van der Waals surface area contributed by atoms with E-state index in [1.54, 1.807) is 12.1 Å². The predicted octanol–water partition coefficient (Wildman–Crippen LogP) is 2.83. The fourth-order valence-electron chi connectivity index (χ4n) is 3.13. The Hall–Kier alpha value is -0.930. The summed E-state index contributed by atoms with van der Waals surface area (Å²) in [6.07, 6.45) is 3.55. The molecule has 0 amide bonds. The molecule has 1 aromatic carbocycles. The van der Waals surface area contributed by atoms with Crippen LogP contribution >= 0.6 is 0 Å². The van der Waals surface area contributed by atoms with Gasteiger partial charge in [0, 0.05) is 18.6 Å². The Balaban J connectivity index is 1.95. The molecule has 1 aromatic rings. The summed E-state index contributed by atoms with van der Waals surface area (Å²) in [5.74, 6) is -0.153. The van der Waals surface area contributed by atoms with Crippen molar-refractivity contribution in [1.82, 2.24) is 10.2 Å². The molecule has 1 N–H and O–H groups in total. The van der Waals surface area contributed by atoms with Gasteiger partial charge in [-0.1, -0.05) is 19.1 Å². The molecular formula is C16H25FN2. The first-order chi connectivity index (χ1) is 9.20. The summed E-state index contributed by atoms with van der Waals surface area (Å²) in [6, 6.07) is 8.06. The van der Waals surface area contributed by atoms with Crippen molar-refractivity contribution in [2.24, 2.45) is 0 Å². The van der Waals surface area contributed by atoms with Gasteiger partial charge in [-0.15, -0.1) is 0 Å². The molecule has 1 fully saturated rings. The average molecular weight is 264 g/mol. The second-order valence-corrected chi connectivity index (χ2v) is 5.51. The minimum Gasteiger partial charge on any atom is -0.315 e. The summed E-state index contributed by atoms with van der Waals surface area (Å²) in [5.41, 5.74) is 1.22. The van der Waals surface area contributed by atoms with Crippen LogP contribution < -0.4 is 5.32 Å². The lowest BCUT2D eigenvalue weighted by molar-refractivity contribution is 0.127. The highest BCUT2D eigenvalue weighted by Crippen LogP contribution is 2.16. The van der Waals surface area contributed by atoms with Crippen molar-refractivity contribution in [3.63, 3.8) is 0 Å². The molecule has 1 heterocycles. The third-order valence-corrected chi connectivity index (χ3v) is 4.12. The van der Waals surface area contributed by atoms with Gasteiger partial charge in [0.2, 0.25) is 0 Å². The van der Waals surface area contributed by atoms with Gasteiger partial charge in [0.05, 0.1) is 0 Å². The Morgan fingerprint density at radius 3 is 2.68 bits per heavy atom. The van der Waals surface area contributed by atoms with E-state index >= 15 is 0 Å². The monoisotopic (exact) mass is 264 g/mol. The van der Waals surface area contributed by atoms with Crippen LogP contribution in [-0.4, -0.2) is 36.6 Å². The second-order valence-electron chi connectivity index (χ2n) is 5.51. The van der Waals surface area contributed by atoms with Gasteiger partial charge in [0.15, 0.2) is 0 Å². The molecule has 2 atom stereocenters. The summed E-state index contributed by atoms with van der Waals surface area (Å²) in [7, 11) is 0. The number of benzene rings is 1. The largest absolute Gasteiger partial charge is 0.315 e. The predicted molar refractivity (Wildman–Crippen MR) is 77.8 cm³/mol. The Morgan fingerprint density at radius 2 is 2.11 bits per heavy atom. The molecule has 106 valence electrons. The van der Waals surface area contributed by atoms with Gasteiger partial charge in [-0.2, -0.15) is 0 Å². The Bertz CT molecular complexity index is 371. The lowest BCUT2D eigenvalue weighted by Crippen LogP contribution is -2.50. The maximum atomic E-state index is 12.9. The van der Waals surface area contributed by atoms with Crippen molar-refractivity contribution in [1.29, 1.82) is 0 Å². The zero-order valence-corrected chi connectivity index (χ0v) is 12.0. The second kappa shape index (κ2) is 7.01. The van der Waals surface area contributed by atoms with E-state index in [2.05, 4.69) is 24.1 Å². The lowest BCUT2D eigenvalue weighted by Gasteiger charge is -2.38. The number of hydrogen-bond acceptors (Lipinski definition) is 2. The van der Waals surface area contributed by atoms with Gasteiger partial charge in [-0.05, 0) is 57.0 Å². The third-order valence-electron chi connectivity index (χ3n) is 4.12. The van der Waals surface area contributed by atoms with Gasteiger partial charge in [-0.25, -0.2) is 4.39 Å². The molecule has 19 heavy (non-hydrogen) atoms. The van der Waals surface area contributed by atoms with Crippen LogP contribution in [0.1, 0.15) is 32.3 Å². The van der Waals surface area contributed by atoms with Crippen LogP contribution in [0.15, 0.2) is 24.3 Å². The van der Waals surface area contributed by atoms with E-state index in [-0.39, 0.29) is 5.82 Å². The normalized spacial score (nSPS) is 21.6. The number of nitrogens with zero attached hydrogens (tertiary/aromatic N) is 1. The Labute approximate surface area is 116 Å². The van der Waals surface area contributed by atoms with Crippen molar-refractivity contribution >= 4 is 0 Å². The van der Waals surface area contributed by atoms with E-state index in [1.165, 1.54) is 18.4 Å². The van der Waals surface area contributed by atoms with Crippen molar-refractivity contribution in [2.45, 2.75) is 45.2 Å². The zero-order valence-electron chi connectivity index (χ0n) is 12.0. The van der Waals surface area contributed by atoms with E-state index in [9.17, 15) is 4.39 Å². The summed E-state index contributed by atoms with van der Waals surface area (Å²) in [5, 5.41) is 3.48. The van der Waals surface area contributed by atoms with Gasteiger partial charge < -0.3 is 5.32 Å². The fraction of sp³-hybridized carbons (Fsp3) is 0.625. The molecule has 0 aromatic heterocycles. The van der Waals surface area contributed by atoms with Crippen LogP contribution in [0.5, 0.6) is 0 Å². The van der Waals surface area contributed by atoms with Crippen molar-refractivity contribution in [3.05, 3.63) is 35.6 Å². The molecule has 1 saturated heterocycles. The summed E-state index contributed by atoms with van der Waals surface area (Å²) in [6.45, 7) is 7.84. The fourth-order valence-corrected chi connectivity index (χ4v) is 3.13. The molecule has 1 aliphatic heterocycles. The maximum Gasteiger partial charge on any atom is 0.123 e. The SMILES string of the molecule is CCN(C(C)Cc1ccc(F)cc1)C1CCCNC1. The van der Waals surface area contributed by atoms with Crippen LogP contribution in [0.2, 0.25) is 0 Å². The smallest absolute Gasteiger partial charge is 0.123 e. The van der Waals surface area contributed by atoms with Gasteiger partial charge >= 0.3 is 0 Å². The molecule has 1 aliphatic rings. The standard InChI is InChI=1S/C16H25FN2/c1-3-19(16-5-4-10-18-12-16)13(2)11-14-6-8-15(17)9-7-14/h6-9,13,16,18H,3-5,10-12H2,1-2H3. The number of piperidine rings is 1. The molecule has 0 spiro atoms. The van der Waals surface area contributed by atoms with Crippen LogP contribution in [0, 0.1) is 5.82 Å². The first-order valence-electron chi connectivity index (χ1n) is 7.41. The first kappa shape index (κ1) is 14.5. The average Bonchev–Trinajstić information content (AvgIpc) is 2.43. The van der Waals surface area contributed by atoms with Crippen LogP contribution in [-0.2, 0) is 6.42 Å². The summed E-state index contributed by atoms with van der Waals surface area (Å²) >= 11 is 0. The topological polar surface area (TPSA) is 15.3 Å². The molecule has 2 unspecified atom stereocenters. The number of halogens is 1. The van der Waals surface area contributed by atoms with E-state index in [0.29, 0.717) is 12.1 Å². The molecule has 0 bridgehead atoms. The molecule has 3 heteroatoms. The van der Waals surface area contributed by atoms with Crippen molar-refractivity contribution < 1.29 is 4.39 Å². The molecule has 2 nitrogen and oxygen atoms in total. The van der Waals surface area contributed by atoms with E-state index in [4.69, 9.17) is 0 Å². The Morgan fingerprint density at radius 1 is 1.37 bits per heavy atom. The van der Waals surface area contributed by atoms with Crippen molar-refractivity contribution in [2.75, 3.05) is 19.6 Å². The molecular weight excluding hydrogens is 239 g/mol. The van der Waals surface area contributed by atoms with E-state index < -0.39 is 0 Å². The van der Waals surface area contributed by atoms with Crippen molar-refractivity contribution in [3.8, 4) is 0 Å². The minimum absolute atomic E-state index is 0.153. The van der Waals surface area contributed by atoms with E-state index in [1.807, 2.05) is 12.1 Å². The zero-order chi connectivity index (χ0) is 13.7. The van der Waals surface area contributed by atoms with Crippen LogP contribution in [0.3, 0.4) is 0 Å². The maximum absolute atomic E-state index is 12.9. The van der Waals surface area contributed by atoms with Gasteiger partial charge in [-0.3, -0.25) is 4.90 Å². The van der Waals surface area contributed by atoms with Gasteiger partial charge in [0.25, 0.3) is 0 Å². The molecule has 0 saturated carbocycles. The van der Waals surface area contributed by atoms with Gasteiger partial charge in [0.1, 0.15) is 5.82 Å². The summed E-state index contributed by atoms with van der Waals surface area (Å²) in [4.78, 5) is 2.58. The highest BCUT2D eigenvalue weighted by Gasteiger charge is 2.23. The molecule has 0 aliphatic carbocycles. The van der Waals surface area contributed by atoms with Crippen LogP contribution in [0.4, 0.5) is 4.39 Å². The summed E-state index contributed by atoms with van der Waals surface area (Å²) < 4.78 is 12.9. The number of rotatable bonds is 5. The lowest BCUT2D eigenvalue weighted by atomic mass is 10.0. The van der Waals surface area contributed by atoms with Crippen LogP contribution in [0.25, 0.3) is 0 Å². The number of hydrogen-bond donors (Lipinski definition) is 1. The highest BCUT2D eigenvalue weighted by atomic mass is 19.1. The first-order valence-corrected chi connectivity index (χ1v) is 7.41. The Kier molecular flexibility index (Phi) is 5.34. The third kappa shape index (κ3) is 4.02. The molecule has 2 rings (SSSR count). The van der Waals surface area contributed by atoms with E-state index in [0.717, 1.165) is 26.1 Å². The molecule has 0 radical (unpaired) electrons.